The molecule has 0 aromatic heterocycles. The van der Waals surface area contributed by atoms with Crippen LogP contribution in [0.25, 0.3) is 0 Å². The summed E-state index contributed by atoms with van der Waals surface area (Å²) in [5, 5.41) is 2.81. The van der Waals surface area contributed by atoms with Crippen LogP contribution in [0.5, 0.6) is 0 Å². The number of amides is 1. The smallest absolute Gasteiger partial charge is 0.220 e. The van der Waals surface area contributed by atoms with Crippen molar-refractivity contribution in [2.24, 2.45) is 0 Å². The topological polar surface area (TPSA) is 38.3 Å². The highest BCUT2D eigenvalue weighted by Gasteiger charge is 2.20. The Kier molecular flexibility index (Phi) is 3.79. The van der Waals surface area contributed by atoms with Gasteiger partial charge in [0.15, 0.2) is 0 Å². The highest BCUT2D eigenvalue weighted by Crippen LogP contribution is 2.15. The molecule has 1 saturated heterocycles. The molecule has 0 radical (unpaired) electrons. The first-order valence-corrected chi connectivity index (χ1v) is 6.31. The van der Waals surface area contributed by atoms with Gasteiger partial charge in [0.1, 0.15) is 0 Å². The van der Waals surface area contributed by atoms with Crippen molar-refractivity contribution in [3.05, 3.63) is 0 Å². The van der Waals surface area contributed by atoms with E-state index in [1.54, 1.807) is 0 Å². The lowest BCUT2D eigenvalue weighted by Crippen LogP contribution is -2.28. The van der Waals surface area contributed by atoms with E-state index in [1.807, 2.05) is 0 Å². The highest BCUT2D eigenvalue weighted by molar-refractivity contribution is 14.2. The summed E-state index contributed by atoms with van der Waals surface area (Å²) in [5.74, 6) is 0.145. The van der Waals surface area contributed by atoms with Gasteiger partial charge >= 0.3 is 0 Å². The number of hydrogen-bond donors (Lipinski definition) is 1. The first-order valence-electron chi connectivity index (χ1n) is 3.02. The second-order valence-electron chi connectivity index (χ2n) is 2.15. The van der Waals surface area contributed by atoms with Gasteiger partial charge in [-0.2, -0.15) is 0 Å². The second-order valence-corrected chi connectivity index (χ2v) is 3.59. The van der Waals surface area contributed by atoms with Crippen LogP contribution in [0.1, 0.15) is 12.8 Å². The predicted octanol–water partition coefficient (Wildman–Crippen LogP) is 1.28. The molecule has 1 aliphatic heterocycles. The van der Waals surface area contributed by atoms with Crippen molar-refractivity contribution >= 4 is 36.3 Å². The van der Waals surface area contributed by atoms with Crippen molar-refractivity contribution in [1.29, 1.82) is 0 Å². The molecule has 0 bridgehead atoms. The third-order valence-corrected chi connectivity index (χ3v) is 2.39. The molecule has 1 N–H and O–H groups in total. The maximum atomic E-state index is 10.6. The molecule has 0 saturated carbocycles. The average molecular weight is 273 g/mol. The third-order valence-electron chi connectivity index (χ3n) is 1.40. The van der Waals surface area contributed by atoms with Crippen LogP contribution in [0.2, 0.25) is 0 Å². The fraction of sp³-hybridized carbons (Fsp3) is 0.800. The first kappa shape index (κ1) is 8.61. The maximum absolute atomic E-state index is 10.6. The van der Waals surface area contributed by atoms with Gasteiger partial charge in [0.05, 0.1) is 21.9 Å². The molecule has 0 aromatic rings. The van der Waals surface area contributed by atoms with Crippen LogP contribution in [0.3, 0.4) is 0 Å². The lowest BCUT2D eigenvalue weighted by molar-refractivity contribution is -0.119. The van der Waals surface area contributed by atoms with Crippen molar-refractivity contribution in [3.8, 4) is 0 Å². The summed E-state index contributed by atoms with van der Waals surface area (Å²) in [6.07, 6.45) is 1.57. The Labute approximate surface area is 76.1 Å². The van der Waals surface area contributed by atoms with Gasteiger partial charge in [-0.15, -0.1) is 0 Å². The van der Waals surface area contributed by atoms with Gasteiger partial charge in [0.25, 0.3) is 0 Å². The Balaban J connectivity index is 2.12. The fourth-order valence-corrected chi connectivity index (χ4v) is 1.57. The second kappa shape index (κ2) is 4.40. The van der Waals surface area contributed by atoms with Crippen LogP contribution in [0.15, 0.2) is 0 Å². The van der Waals surface area contributed by atoms with E-state index in [0.717, 1.165) is 6.42 Å². The normalized spacial score (nSPS) is 24.9. The number of hydrogen-bond acceptors (Lipinski definition) is 3. The summed E-state index contributed by atoms with van der Waals surface area (Å²) in [6.45, 7) is 0.624. The van der Waals surface area contributed by atoms with Crippen LogP contribution >= 0.6 is 30.4 Å². The summed E-state index contributed by atoms with van der Waals surface area (Å²) in [6, 6.07) is 0.245. The van der Waals surface area contributed by atoms with Crippen molar-refractivity contribution in [1.82, 2.24) is 5.32 Å². The largest absolute Gasteiger partial charge is 0.351 e. The Bertz CT molecular complexity index is 133. The number of carbonyl (C=O) groups is 1. The lowest BCUT2D eigenvalue weighted by atomic mass is 10.2. The molecule has 0 unspecified atom stereocenters. The van der Waals surface area contributed by atoms with Crippen LogP contribution < -0.4 is 5.32 Å². The van der Waals surface area contributed by atoms with Crippen molar-refractivity contribution in [3.63, 3.8) is 0 Å². The first-order chi connectivity index (χ1) is 4.83. The summed E-state index contributed by atoms with van der Waals surface area (Å²) in [5.41, 5.74) is 0. The van der Waals surface area contributed by atoms with E-state index < -0.39 is 0 Å². The predicted molar refractivity (Wildman–Crippen MR) is 48.7 cm³/mol. The molecule has 5 heteroatoms. The van der Waals surface area contributed by atoms with Crippen molar-refractivity contribution in [2.45, 2.75) is 18.9 Å². The van der Waals surface area contributed by atoms with Crippen molar-refractivity contribution in [2.75, 3.05) is 6.61 Å². The summed E-state index contributed by atoms with van der Waals surface area (Å²) < 4.78 is 5.05. The molecule has 1 fully saturated rings. The molecule has 10 heavy (non-hydrogen) atoms. The van der Waals surface area contributed by atoms with Crippen LogP contribution in [0, 0.1) is 0 Å². The Morgan fingerprint density at radius 2 is 2.70 bits per heavy atom. The van der Waals surface area contributed by atoms with Gasteiger partial charge in [-0.05, 0) is 6.42 Å². The standard InChI is InChI=1S/C5H8INO2S/c6-10-9-3-4-1-2-5(8)7-4/h4H,1-3H2,(H,7,8)/t4-/m0/s1. The quantitative estimate of drug-likeness (QED) is 0.622. The molecular weight excluding hydrogens is 265 g/mol. The zero-order valence-electron chi connectivity index (χ0n) is 5.30. The van der Waals surface area contributed by atoms with E-state index in [4.69, 9.17) is 4.18 Å². The molecule has 1 amide bonds. The molecule has 0 aromatic carbocycles. The van der Waals surface area contributed by atoms with E-state index in [-0.39, 0.29) is 11.9 Å². The Morgan fingerprint density at radius 3 is 3.20 bits per heavy atom. The molecule has 1 rings (SSSR count). The molecule has 0 aliphatic carbocycles. The van der Waals surface area contributed by atoms with Crippen LogP contribution in [-0.2, 0) is 8.98 Å². The van der Waals surface area contributed by atoms with Gasteiger partial charge in [-0.1, -0.05) is 0 Å². The minimum Gasteiger partial charge on any atom is -0.351 e. The van der Waals surface area contributed by atoms with Gasteiger partial charge < -0.3 is 9.50 Å². The summed E-state index contributed by atoms with van der Waals surface area (Å²) in [7, 11) is 1.31. The number of carbonyl (C=O) groups excluding carboxylic acids is 1. The zero-order chi connectivity index (χ0) is 7.40. The zero-order valence-corrected chi connectivity index (χ0v) is 8.28. The number of nitrogens with one attached hydrogen (secondary N) is 1. The Hall–Kier alpha value is 0.510. The lowest BCUT2D eigenvalue weighted by Gasteiger charge is -2.06. The van der Waals surface area contributed by atoms with E-state index in [1.165, 1.54) is 9.21 Å². The van der Waals surface area contributed by atoms with Gasteiger partial charge in [-0.25, -0.2) is 0 Å². The SMILES string of the molecule is O=C1CC[C@@H](COSI)N1. The molecule has 1 aliphatic rings. The molecule has 1 atom stereocenters. The fourth-order valence-electron chi connectivity index (χ4n) is 0.910. The minimum atomic E-state index is 0.145. The molecule has 58 valence electrons. The van der Waals surface area contributed by atoms with Crippen LogP contribution in [0.4, 0.5) is 0 Å². The molecule has 1 heterocycles. The maximum Gasteiger partial charge on any atom is 0.220 e. The number of halogens is 1. The number of rotatable bonds is 3. The van der Waals surface area contributed by atoms with Crippen molar-refractivity contribution < 1.29 is 8.98 Å². The monoisotopic (exact) mass is 273 g/mol. The van der Waals surface area contributed by atoms with E-state index in [0.29, 0.717) is 13.0 Å². The van der Waals surface area contributed by atoms with Crippen LogP contribution in [-0.4, -0.2) is 18.6 Å². The van der Waals surface area contributed by atoms with E-state index in [9.17, 15) is 4.79 Å². The molecule has 3 nitrogen and oxygen atoms in total. The van der Waals surface area contributed by atoms with E-state index >= 15 is 0 Å². The summed E-state index contributed by atoms with van der Waals surface area (Å²) >= 11 is 2.06. The summed E-state index contributed by atoms with van der Waals surface area (Å²) in [4.78, 5) is 10.6. The minimum absolute atomic E-state index is 0.145. The van der Waals surface area contributed by atoms with Gasteiger partial charge in [-0.3, -0.25) is 4.79 Å². The average Bonchev–Trinajstić information content (AvgIpc) is 2.31. The molecule has 0 spiro atoms. The van der Waals surface area contributed by atoms with Gasteiger partial charge in [0, 0.05) is 27.6 Å². The third kappa shape index (κ3) is 2.63. The van der Waals surface area contributed by atoms with Gasteiger partial charge in [0.2, 0.25) is 5.91 Å². The molecular formula is C5H8INO2S. The van der Waals surface area contributed by atoms with E-state index in [2.05, 4.69) is 26.5 Å². The highest BCUT2D eigenvalue weighted by atomic mass is 127. The Morgan fingerprint density at radius 1 is 1.90 bits per heavy atom.